The zero-order chi connectivity index (χ0) is 23.4. The van der Waals surface area contributed by atoms with E-state index >= 15 is 0 Å². The van der Waals surface area contributed by atoms with E-state index in [1.807, 2.05) is 6.07 Å². The molecule has 8 heteroatoms. The Bertz CT molecular complexity index is 1080. The van der Waals surface area contributed by atoms with Gasteiger partial charge in [-0.2, -0.15) is 0 Å². The summed E-state index contributed by atoms with van der Waals surface area (Å²) in [6.45, 7) is 0.708. The van der Waals surface area contributed by atoms with Crippen molar-refractivity contribution in [1.82, 2.24) is 4.90 Å². The Morgan fingerprint density at radius 1 is 1.18 bits per heavy atom. The summed E-state index contributed by atoms with van der Waals surface area (Å²) in [7, 11) is 1.54. The summed E-state index contributed by atoms with van der Waals surface area (Å²) in [5, 5.41) is -0.200. The van der Waals surface area contributed by atoms with Crippen LogP contribution in [0.2, 0.25) is 0 Å². The van der Waals surface area contributed by atoms with Gasteiger partial charge >= 0.3 is 0 Å². The van der Waals surface area contributed by atoms with Crippen LogP contribution in [-0.4, -0.2) is 29.7 Å². The van der Waals surface area contributed by atoms with Crippen LogP contribution in [0.5, 0.6) is 11.5 Å². The van der Waals surface area contributed by atoms with Crippen molar-refractivity contribution in [3.63, 3.8) is 0 Å². The maximum atomic E-state index is 13.4. The fourth-order valence-electron chi connectivity index (χ4n) is 4.18. The predicted octanol–water partition coefficient (Wildman–Crippen LogP) is 6.63. The first-order chi connectivity index (χ1) is 15.9. The Kier molecular flexibility index (Phi) is 7.95. The van der Waals surface area contributed by atoms with Gasteiger partial charge in [-0.05, 0) is 94.6 Å². The van der Waals surface area contributed by atoms with Crippen molar-refractivity contribution in [2.24, 2.45) is 5.92 Å². The number of benzene rings is 2. The van der Waals surface area contributed by atoms with Crippen LogP contribution in [-0.2, 0) is 11.4 Å². The third-order valence-electron chi connectivity index (χ3n) is 5.86. The first-order valence-corrected chi connectivity index (χ1v) is 12.8. The van der Waals surface area contributed by atoms with Gasteiger partial charge < -0.3 is 9.47 Å². The minimum Gasteiger partial charge on any atom is -0.493 e. The summed E-state index contributed by atoms with van der Waals surface area (Å²) in [5.74, 6) is 0.916. The molecule has 33 heavy (non-hydrogen) atoms. The van der Waals surface area contributed by atoms with Crippen molar-refractivity contribution in [2.45, 2.75) is 38.7 Å². The quantitative estimate of drug-likeness (QED) is 0.271. The predicted molar refractivity (Wildman–Crippen MR) is 136 cm³/mol. The molecule has 4 rings (SSSR count). The van der Waals surface area contributed by atoms with Crippen molar-refractivity contribution < 1.29 is 23.5 Å². The second-order valence-electron chi connectivity index (χ2n) is 8.25. The number of carbonyl (C=O) groups is 2. The fourth-order valence-corrected chi connectivity index (χ4v) is 5.81. The molecule has 0 bridgehead atoms. The number of imide groups is 1. The van der Waals surface area contributed by atoms with E-state index in [1.54, 1.807) is 31.4 Å². The zero-order valence-electron chi connectivity index (χ0n) is 18.3. The minimum absolute atomic E-state index is 0.198. The van der Waals surface area contributed by atoms with Crippen LogP contribution >= 0.6 is 34.4 Å². The number of hydrogen-bond acceptors (Lipinski definition) is 5. The van der Waals surface area contributed by atoms with Gasteiger partial charge in [0, 0.05) is 6.54 Å². The average Bonchev–Trinajstić information content (AvgIpc) is 3.06. The first-order valence-electron chi connectivity index (χ1n) is 10.9. The van der Waals surface area contributed by atoms with E-state index in [4.69, 9.17) is 9.47 Å². The van der Waals surface area contributed by atoms with E-state index in [0.29, 0.717) is 34.4 Å². The van der Waals surface area contributed by atoms with Crippen LogP contribution in [0.25, 0.3) is 6.08 Å². The van der Waals surface area contributed by atoms with Crippen LogP contribution < -0.4 is 9.47 Å². The summed E-state index contributed by atoms with van der Waals surface area (Å²) in [6, 6.07) is 9.90. The Morgan fingerprint density at radius 3 is 2.70 bits per heavy atom. The summed E-state index contributed by atoms with van der Waals surface area (Å²) in [4.78, 5) is 27.2. The van der Waals surface area contributed by atoms with Crippen LogP contribution in [0.15, 0.2) is 41.3 Å². The molecular formula is C25H25FINO4S. The number of hydrogen-bond donors (Lipinski definition) is 0. The first kappa shape index (κ1) is 24.1. The number of nitrogens with zero attached hydrogens (tertiary/aromatic N) is 1. The molecule has 2 aromatic rings. The number of carbonyl (C=O) groups excluding carboxylic acids is 2. The maximum absolute atomic E-state index is 13.4. The van der Waals surface area contributed by atoms with Gasteiger partial charge in [0.2, 0.25) is 0 Å². The fraction of sp³-hybridized carbons (Fsp3) is 0.360. The highest BCUT2D eigenvalue weighted by Crippen LogP contribution is 2.38. The van der Waals surface area contributed by atoms with Crippen molar-refractivity contribution in [1.29, 1.82) is 0 Å². The third-order valence-corrected chi connectivity index (χ3v) is 7.57. The lowest BCUT2D eigenvalue weighted by Crippen LogP contribution is -2.34. The van der Waals surface area contributed by atoms with Crippen molar-refractivity contribution in [3.05, 3.63) is 61.8 Å². The Morgan fingerprint density at radius 2 is 1.97 bits per heavy atom. The monoisotopic (exact) mass is 581 g/mol. The molecule has 1 saturated heterocycles. The van der Waals surface area contributed by atoms with Gasteiger partial charge in [-0.25, -0.2) is 4.39 Å². The van der Waals surface area contributed by atoms with E-state index in [2.05, 4.69) is 22.6 Å². The smallest absolute Gasteiger partial charge is 0.293 e. The number of rotatable bonds is 7. The Balaban J connectivity index is 1.50. The van der Waals surface area contributed by atoms with Crippen molar-refractivity contribution >= 4 is 51.6 Å². The molecule has 0 N–H and O–H groups in total. The Labute approximate surface area is 210 Å². The lowest BCUT2D eigenvalue weighted by atomic mass is 9.89. The number of ether oxygens (including phenoxy) is 2. The molecule has 0 atom stereocenters. The standard InChI is InChI=1S/C25H25FINO4S/c1-31-21-12-18(11-20(27)23(21)32-15-17-8-5-9-19(26)10-17)13-22-24(29)28(25(30)33-22)14-16-6-3-2-4-7-16/h5,8-13,16H,2-4,6-7,14-15H2,1H3/b22-13+. The molecule has 0 radical (unpaired) electrons. The molecule has 5 nitrogen and oxygen atoms in total. The van der Waals surface area contributed by atoms with Gasteiger partial charge in [0.25, 0.3) is 11.1 Å². The van der Waals surface area contributed by atoms with Gasteiger partial charge in [-0.1, -0.05) is 31.4 Å². The molecule has 2 aromatic carbocycles. The highest BCUT2D eigenvalue weighted by atomic mass is 127. The zero-order valence-corrected chi connectivity index (χ0v) is 21.3. The number of halogens is 2. The molecule has 2 amide bonds. The highest BCUT2D eigenvalue weighted by molar-refractivity contribution is 14.1. The minimum atomic E-state index is -0.314. The van der Waals surface area contributed by atoms with E-state index in [-0.39, 0.29) is 23.6 Å². The molecule has 174 valence electrons. The lowest BCUT2D eigenvalue weighted by molar-refractivity contribution is -0.123. The molecule has 0 unspecified atom stereocenters. The van der Waals surface area contributed by atoms with E-state index in [0.717, 1.165) is 33.7 Å². The lowest BCUT2D eigenvalue weighted by Gasteiger charge is -2.25. The normalized spacial score (nSPS) is 18.3. The van der Waals surface area contributed by atoms with Gasteiger partial charge in [0.05, 0.1) is 15.6 Å². The summed E-state index contributed by atoms with van der Waals surface area (Å²) < 4.78 is 25.6. The van der Waals surface area contributed by atoms with Crippen LogP contribution in [0.3, 0.4) is 0 Å². The second-order valence-corrected chi connectivity index (χ2v) is 10.4. The topological polar surface area (TPSA) is 55.8 Å². The molecular weight excluding hydrogens is 556 g/mol. The van der Waals surface area contributed by atoms with E-state index in [9.17, 15) is 14.0 Å². The summed E-state index contributed by atoms with van der Waals surface area (Å²) in [6.07, 6.45) is 7.46. The number of thioether (sulfide) groups is 1. The van der Waals surface area contributed by atoms with Crippen molar-refractivity contribution in [3.8, 4) is 11.5 Å². The highest BCUT2D eigenvalue weighted by Gasteiger charge is 2.36. The molecule has 0 aromatic heterocycles. The molecule has 2 aliphatic rings. The van der Waals surface area contributed by atoms with E-state index < -0.39 is 0 Å². The molecule has 1 saturated carbocycles. The molecule has 1 heterocycles. The number of methoxy groups -OCH3 is 1. The SMILES string of the molecule is COc1cc(/C=C2/SC(=O)N(CC3CCCCC3)C2=O)cc(I)c1OCc1cccc(F)c1. The van der Waals surface area contributed by atoms with Crippen LogP contribution in [0.1, 0.15) is 43.2 Å². The third kappa shape index (κ3) is 5.90. The van der Waals surface area contributed by atoms with Gasteiger partial charge in [0.1, 0.15) is 12.4 Å². The largest absolute Gasteiger partial charge is 0.493 e. The van der Waals surface area contributed by atoms with Gasteiger partial charge in [0.15, 0.2) is 11.5 Å². The Hall–Kier alpha value is -2.07. The molecule has 1 aliphatic carbocycles. The van der Waals surface area contributed by atoms with Crippen LogP contribution in [0.4, 0.5) is 9.18 Å². The summed E-state index contributed by atoms with van der Waals surface area (Å²) in [5.41, 5.74) is 1.46. The summed E-state index contributed by atoms with van der Waals surface area (Å²) >= 11 is 3.13. The molecule has 2 fully saturated rings. The number of amides is 2. The molecule has 1 aliphatic heterocycles. The van der Waals surface area contributed by atoms with Gasteiger partial charge in [-0.15, -0.1) is 0 Å². The second kappa shape index (κ2) is 10.9. The molecule has 0 spiro atoms. The average molecular weight is 581 g/mol. The maximum Gasteiger partial charge on any atom is 0.293 e. The van der Waals surface area contributed by atoms with Gasteiger partial charge in [-0.3, -0.25) is 14.5 Å². The van der Waals surface area contributed by atoms with E-state index in [1.165, 1.54) is 36.3 Å². The van der Waals surface area contributed by atoms with Crippen molar-refractivity contribution in [2.75, 3.05) is 13.7 Å². The van der Waals surface area contributed by atoms with Crippen LogP contribution in [0, 0.1) is 15.3 Å².